The third-order valence-corrected chi connectivity index (χ3v) is 4.00. The number of ether oxygens (including phenoxy) is 1. The van der Waals surface area contributed by atoms with E-state index in [0.29, 0.717) is 12.5 Å². The van der Waals surface area contributed by atoms with Crippen molar-refractivity contribution in [2.45, 2.75) is 39.7 Å². The number of hydrogen-bond acceptors (Lipinski definition) is 3. The van der Waals surface area contributed by atoms with Gasteiger partial charge in [-0.2, -0.15) is 0 Å². The van der Waals surface area contributed by atoms with Crippen LogP contribution in [-0.4, -0.2) is 42.6 Å². The highest BCUT2D eigenvalue weighted by molar-refractivity contribution is 14.0. The van der Waals surface area contributed by atoms with Crippen LogP contribution in [0.5, 0.6) is 5.88 Å². The van der Waals surface area contributed by atoms with Crippen LogP contribution in [0.1, 0.15) is 38.7 Å². The van der Waals surface area contributed by atoms with Crippen LogP contribution in [0.4, 0.5) is 0 Å². The molecule has 0 radical (unpaired) electrons. The number of aromatic nitrogens is 1. The normalized spacial score (nSPS) is 16.0. The molecule has 0 aliphatic carbocycles. The predicted molar refractivity (Wildman–Crippen MR) is 106 cm³/mol. The minimum atomic E-state index is 0. The number of pyridine rings is 1. The lowest BCUT2D eigenvalue weighted by atomic mass is 10.00. The van der Waals surface area contributed by atoms with Crippen LogP contribution in [0.3, 0.4) is 0 Å². The summed E-state index contributed by atoms with van der Waals surface area (Å²) < 4.78 is 5.50. The smallest absolute Gasteiger partial charge is 0.213 e. The van der Waals surface area contributed by atoms with Gasteiger partial charge in [0, 0.05) is 38.9 Å². The van der Waals surface area contributed by atoms with Crippen LogP contribution in [0, 0.1) is 5.92 Å². The SMILES string of the molecule is CCCOc1ccc(CNC(=NC)N2CCC(C)CC2)cn1.I. The first-order chi connectivity index (χ1) is 10.7. The Labute approximate surface area is 156 Å². The minimum absolute atomic E-state index is 0. The number of nitrogens with one attached hydrogen (secondary N) is 1. The van der Waals surface area contributed by atoms with Gasteiger partial charge in [-0.1, -0.05) is 19.9 Å². The summed E-state index contributed by atoms with van der Waals surface area (Å²) in [6, 6.07) is 3.98. The summed E-state index contributed by atoms with van der Waals surface area (Å²) in [6.07, 6.45) is 5.34. The van der Waals surface area contributed by atoms with E-state index in [1.807, 2.05) is 19.3 Å². The van der Waals surface area contributed by atoms with Gasteiger partial charge in [-0.25, -0.2) is 4.98 Å². The zero-order chi connectivity index (χ0) is 15.8. The standard InChI is InChI=1S/C17H28N4O.HI/c1-4-11-22-16-6-5-15(12-19-16)13-20-17(18-3)21-9-7-14(2)8-10-21;/h5-6,12,14H,4,7-11,13H2,1-3H3,(H,18,20);1H. The van der Waals surface area contributed by atoms with Gasteiger partial charge in [0.05, 0.1) is 6.61 Å². The van der Waals surface area contributed by atoms with Gasteiger partial charge in [0.1, 0.15) is 0 Å². The van der Waals surface area contributed by atoms with Crippen LogP contribution in [0.15, 0.2) is 23.3 Å². The third-order valence-electron chi connectivity index (χ3n) is 4.00. The van der Waals surface area contributed by atoms with Gasteiger partial charge in [0.2, 0.25) is 5.88 Å². The van der Waals surface area contributed by atoms with E-state index >= 15 is 0 Å². The molecule has 0 atom stereocenters. The molecule has 0 saturated carbocycles. The molecule has 1 aromatic rings. The lowest BCUT2D eigenvalue weighted by Gasteiger charge is -2.32. The van der Waals surface area contributed by atoms with Gasteiger partial charge in [-0.15, -0.1) is 24.0 Å². The number of piperidine rings is 1. The van der Waals surface area contributed by atoms with Crippen LogP contribution in [-0.2, 0) is 6.54 Å². The summed E-state index contributed by atoms with van der Waals surface area (Å²) in [5.41, 5.74) is 1.13. The van der Waals surface area contributed by atoms with Gasteiger partial charge in [0.25, 0.3) is 0 Å². The average molecular weight is 432 g/mol. The Balaban J connectivity index is 0.00000264. The van der Waals surface area contributed by atoms with Crippen LogP contribution in [0.25, 0.3) is 0 Å². The molecule has 1 aliphatic heterocycles. The number of halogens is 1. The van der Waals surface area contributed by atoms with E-state index in [2.05, 4.69) is 40.1 Å². The zero-order valence-corrected chi connectivity index (χ0v) is 16.7. The maximum atomic E-state index is 5.50. The number of guanidine groups is 1. The molecule has 0 bridgehead atoms. The van der Waals surface area contributed by atoms with E-state index in [0.717, 1.165) is 43.5 Å². The van der Waals surface area contributed by atoms with Gasteiger partial charge in [-0.05, 0) is 30.7 Å². The third kappa shape index (κ3) is 6.53. The van der Waals surface area contributed by atoms with Crippen molar-refractivity contribution >= 4 is 29.9 Å². The van der Waals surface area contributed by atoms with E-state index in [4.69, 9.17) is 4.74 Å². The monoisotopic (exact) mass is 432 g/mol. The lowest BCUT2D eigenvalue weighted by molar-refractivity contribution is 0.273. The molecular weight excluding hydrogens is 403 g/mol. The molecule has 130 valence electrons. The maximum Gasteiger partial charge on any atom is 0.213 e. The number of likely N-dealkylation sites (tertiary alicyclic amines) is 1. The quantitative estimate of drug-likeness (QED) is 0.441. The molecule has 2 rings (SSSR count). The van der Waals surface area contributed by atoms with Crippen molar-refractivity contribution in [3.05, 3.63) is 23.9 Å². The fourth-order valence-corrected chi connectivity index (χ4v) is 2.54. The Hall–Kier alpha value is -1.05. The van der Waals surface area contributed by atoms with Crippen LogP contribution in [0.2, 0.25) is 0 Å². The molecule has 6 heteroatoms. The largest absolute Gasteiger partial charge is 0.478 e. The second-order valence-corrected chi connectivity index (χ2v) is 5.92. The van der Waals surface area contributed by atoms with Crippen molar-refractivity contribution in [3.8, 4) is 5.88 Å². The van der Waals surface area contributed by atoms with E-state index < -0.39 is 0 Å². The molecule has 1 saturated heterocycles. The fraction of sp³-hybridized carbons (Fsp3) is 0.647. The molecule has 0 aromatic carbocycles. The zero-order valence-electron chi connectivity index (χ0n) is 14.4. The summed E-state index contributed by atoms with van der Waals surface area (Å²) in [5.74, 6) is 2.51. The number of aliphatic imine (C=N–C) groups is 1. The highest BCUT2D eigenvalue weighted by Gasteiger charge is 2.18. The molecule has 5 nitrogen and oxygen atoms in total. The summed E-state index contributed by atoms with van der Waals surface area (Å²) >= 11 is 0. The molecule has 1 aromatic heterocycles. The van der Waals surface area contributed by atoms with Gasteiger partial charge in [-0.3, -0.25) is 4.99 Å². The average Bonchev–Trinajstić information content (AvgIpc) is 2.56. The van der Waals surface area contributed by atoms with Crippen LogP contribution >= 0.6 is 24.0 Å². The first-order valence-corrected chi connectivity index (χ1v) is 8.26. The molecule has 23 heavy (non-hydrogen) atoms. The second-order valence-electron chi connectivity index (χ2n) is 5.92. The molecule has 1 fully saturated rings. The Kier molecular flexibility index (Phi) is 9.28. The predicted octanol–water partition coefficient (Wildman–Crippen LogP) is 3.30. The molecule has 2 heterocycles. The first-order valence-electron chi connectivity index (χ1n) is 8.26. The van der Waals surface area contributed by atoms with Crippen molar-refractivity contribution in [1.29, 1.82) is 0 Å². The van der Waals surface area contributed by atoms with Crippen molar-refractivity contribution in [2.75, 3.05) is 26.7 Å². The molecule has 0 amide bonds. The molecule has 1 aliphatic rings. The van der Waals surface area contributed by atoms with E-state index in [-0.39, 0.29) is 24.0 Å². The van der Waals surface area contributed by atoms with Gasteiger partial charge < -0.3 is 15.0 Å². The van der Waals surface area contributed by atoms with Crippen molar-refractivity contribution in [3.63, 3.8) is 0 Å². The number of hydrogen-bond donors (Lipinski definition) is 1. The molecule has 1 N–H and O–H groups in total. The Morgan fingerprint density at radius 3 is 2.70 bits per heavy atom. The Morgan fingerprint density at radius 1 is 1.39 bits per heavy atom. The van der Waals surface area contributed by atoms with Gasteiger partial charge >= 0.3 is 0 Å². The summed E-state index contributed by atoms with van der Waals surface area (Å²) in [5, 5.41) is 3.43. The second kappa shape index (κ2) is 10.7. The Morgan fingerprint density at radius 2 is 2.13 bits per heavy atom. The number of rotatable bonds is 5. The highest BCUT2D eigenvalue weighted by atomic mass is 127. The number of nitrogens with zero attached hydrogens (tertiary/aromatic N) is 3. The topological polar surface area (TPSA) is 49.8 Å². The van der Waals surface area contributed by atoms with Crippen molar-refractivity contribution in [2.24, 2.45) is 10.9 Å². The molecular formula is C17H29IN4O. The van der Waals surface area contributed by atoms with Gasteiger partial charge in [0.15, 0.2) is 5.96 Å². The lowest BCUT2D eigenvalue weighted by Crippen LogP contribution is -2.45. The minimum Gasteiger partial charge on any atom is -0.478 e. The fourth-order valence-electron chi connectivity index (χ4n) is 2.54. The highest BCUT2D eigenvalue weighted by Crippen LogP contribution is 2.16. The van der Waals surface area contributed by atoms with Crippen molar-refractivity contribution in [1.82, 2.24) is 15.2 Å². The van der Waals surface area contributed by atoms with Crippen LogP contribution < -0.4 is 10.1 Å². The maximum absolute atomic E-state index is 5.50. The summed E-state index contributed by atoms with van der Waals surface area (Å²) in [6.45, 7) is 8.03. The summed E-state index contributed by atoms with van der Waals surface area (Å²) in [4.78, 5) is 11.1. The Bertz CT molecular complexity index is 470. The molecule has 0 spiro atoms. The first kappa shape index (κ1) is 20.0. The van der Waals surface area contributed by atoms with Crippen molar-refractivity contribution < 1.29 is 4.74 Å². The van der Waals surface area contributed by atoms with E-state index in [9.17, 15) is 0 Å². The summed E-state index contributed by atoms with van der Waals surface area (Å²) in [7, 11) is 1.85. The van der Waals surface area contributed by atoms with E-state index in [1.54, 1.807) is 0 Å². The van der Waals surface area contributed by atoms with E-state index in [1.165, 1.54) is 12.8 Å². The molecule has 0 unspecified atom stereocenters.